The smallest absolute Gasteiger partial charge is 0.184 e. The predicted octanol–water partition coefficient (Wildman–Crippen LogP) is 0.499. The second kappa shape index (κ2) is 3.14. The molecular formula is C9H12N2O2. The lowest BCUT2D eigenvalue weighted by molar-refractivity contribution is 0.172. The second-order valence-electron chi connectivity index (χ2n) is 2.87. The van der Waals surface area contributed by atoms with E-state index in [0.717, 1.165) is 5.56 Å². The van der Waals surface area contributed by atoms with Crippen molar-refractivity contribution in [1.29, 1.82) is 0 Å². The Labute approximate surface area is 76.4 Å². The van der Waals surface area contributed by atoms with Crippen molar-refractivity contribution in [3.05, 3.63) is 17.7 Å². The van der Waals surface area contributed by atoms with Gasteiger partial charge in [-0.3, -0.25) is 0 Å². The molecule has 70 valence electrons. The van der Waals surface area contributed by atoms with Crippen LogP contribution in [0.5, 0.6) is 11.5 Å². The van der Waals surface area contributed by atoms with Crippen LogP contribution >= 0.6 is 0 Å². The molecule has 4 heteroatoms. The first-order valence-electron chi connectivity index (χ1n) is 4.20. The number of fused-ring (bicyclic) bond motifs is 1. The molecule has 0 saturated heterocycles. The lowest BCUT2D eigenvalue weighted by atomic mass is 10.1. The normalized spacial score (nSPS) is 14.2. The van der Waals surface area contributed by atoms with Crippen LogP contribution in [0.1, 0.15) is 5.56 Å². The molecule has 1 aromatic carbocycles. The molecule has 2 rings (SSSR count). The number of anilines is 1. The Kier molecular flexibility index (Phi) is 1.98. The van der Waals surface area contributed by atoms with Gasteiger partial charge in [0, 0.05) is 6.54 Å². The van der Waals surface area contributed by atoms with E-state index in [2.05, 4.69) is 0 Å². The molecule has 0 bridgehead atoms. The summed E-state index contributed by atoms with van der Waals surface area (Å²) in [5, 5.41) is 0. The summed E-state index contributed by atoms with van der Waals surface area (Å²) in [7, 11) is 0. The molecule has 0 radical (unpaired) electrons. The average Bonchev–Trinajstić information content (AvgIpc) is 2.19. The van der Waals surface area contributed by atoms with E-state index in [1.54, 1.807) is 0 Å². The maximum absolute atomic E-state index is 5.83. The minimum atomic E-state index is 0.419. The molecule has 0 fully saturated rings. The Balaban J connectivity index is 2.48. The first-order chi connectivity index (χ1) is 6.33. The Morgan fingerprint density at radius 3 is 2.77 bits per heavy atom. The van der Waals surface area contributed by atoms with Crippen LogP contribution in [0, 0.1) is 0 Å². The van der Waals surface area contributed by atoms with Gasteiger partial charge in [0.1, 0.15) is 13.2 Å². The maximum Gasteiger partial charge on any atom is 0.184 e. The van der Waals surface area contributed by atoms with Crippen LogP contribution in [-0.2, 0) is 6.54 Å². The van der Waals surface area contributed by atoms with E-state index < -0.39 is 0 Å². The van der Waals surface area contributed by atoms with E-state index in [0.29, 0.717) is 36.9 Å². The Morgan fingerprint density at radius 1 is 1.23 bits per heavy atom. The third-order valence-electron chi connectivity index (χ3n) is 2.06. The van der Waals surface area contributed by atoms with Crippen molar-refractivity contribution in [2.75, 3.05) is 18.9 Å². The molecule has 4 N–H and O–H groups in total. The topological polar surface area (TPSA) is 70.5 Å². The summed E-state index contributed by atoms with van der Waals surface area (Å²) in [4.78, 5) is 0. The molecule has 13 heavy (non-hydrogen) atoms. The standard InChI is InChI=1S/C9H12N2O2/c10-5-6-1-2-7-9(8(6)11)13-4-3-12-7/h1-2H,3-5,10-11H2. The van der Waals surface area contributed by atoms with Crippen molar-refractivity contribution in [2.24, 2.45) is 5.73 Å². The van der Waals surface area contributed by atoms with Gasteiger partial charge in [0.2, 0.25) is 0 Å². The van der Waals surface area contributed by atoms with Crippen LogP contribution in [0.4, 0.5) is 5.69 Å². The van der Waals surface area contributed by atoms with Gasteiger partial charge in [-0.1, -0.05) is 6.07 Å². The van der Waals surface area contributed by atoms with Gasteiger partial charge in [-0.15, -0.1) is 0 Å². The Morgan fingerprint density at radius 2 is 2.00 bits per heavy atom. The zero-order chi connectivity index (χ0) is 9.26. The quantitative estimate of drug-likeness (QED) is 0.617. The highest BCUT2D eigenvalue weighted by Gasteiger charge is 2.16. The predicted molar refractivity (Wildman–Crippen MR) is 49.7 cm³/mol. The van der Waals surface area contributed by atoms with Gasteiger partial charge in [-0.2, -0.15) is 0 Å². The number of nitrogen functional groups attached to an aromatic ring is 1. The first kappa shape index (κ1) is 8.19. The van der Waals surface area contributed by atoms with E-state index >= 15 is 0 Å². The van der Waals surface area contributed by atoms with Crippen molar-refractivity contribution in [3.8, 4) is 11.5 Å². The molecule has 0 spiro atoms. The highest BCUT2D eigenvalue weighted by molar-refractivity contribution is 5.65. The second-order valence-corrected chi connectivity index (χ2v) is 2.87. The fourth-order valence-corrected chi connectivity index (χ4v) is 1.36. The molecule has 0 saturated carbocycles. The van der Waals surface area contributed by atoms with E-state index in [1.165, 1.54) is 0 Å². The van der Waals surface area contributed by atoms with E-state index in [9.17, 15) is 0 Å². The molecule has 1 aromatic rings. The van der Waals surface area contributed by atoms with Gasteiger partial charge in [0.05, 0.1) is 5.69 Å². The van der Waals surface area contributed by atoms with Gasteiger partial charge >= 0.3 is 0 Å². The Hall–Kier alpha value is -1.42. The minimum Gasteiger partial charge on any atom is -0.486 e. The number of rotatable bonds is 1. The van der Waals surface area contributed by atoms with Crippen molar-refractivity contribution in [1.82, 2.24) is 0 Å². The van der Waals surface area contributed by atoms with Crippen LogP contribution < -0.4 is 20.9 Å². The molecule has 0 aliphatic carbocycles. The number of benzene rings is 1. The van der Waals surface area contributed by atoms with Crippen LogP contribution in [0.15, 0.2) is 12.1 Å². The zero-order valence-electron chi connectivity index (χ0n) is 7.25. The summed E-state index contributed by atoms with van der Waals surface area (Å²) in [6.07, 6.45) is 0. The number of nitrogens with two attached hydrogens (primary N) is 2. The summed E-state index contributed by atoms with van der Waals surface area (Å²) in [5.41, 5.74) is 12.8. The van der Waals surface area contributed by atoms with Gasteiger partial charge in [-0.05, 0) is 11.6 Å². The lowest BCUT2D eigenvalue weighted by Gasteiger charge is -2.20. The highest BCUT2D eigenvalue weighted by Crippen LogP contribution is 2.37. The number of hydrogen-bond donors (Lipinski definition) is 2. The zero-order valence-corrected chi connectivity index (χ0v) is 7.25. The van der Waals surface area contributed by atoms with Crippen molar-refractivity contribution in [3.63, 3.8) is 0 Å². The van der Waals surface area contributed by atoms with E-state index in [1.807, 2.05) is 12.1 Å². The van der Waals surface area contributed by atoms with E-state index in [-0.39, 0.29) is 0 Å². The highest BCUT2D eigenvalue weighted by atomic mass is 16.6. The SMILES string of the molecule is NCc1ccc2c(c1N)OCCO2. The van der Waals surface area contributed by atoms with Crippen LogP contribution in [0.2, 0.25) is 0 Å². The van der Waals surface area contributed by atoms with E-state index in [4.69, 9.17) is 20.9 Å². The van der Waals surface area contributed by atoms with Crippen LogP contribution in [0.3, 0.4) is 0 Å². The largest absolute Gasteiger partial charge is 0.486 e. The van der Waals surface area contributed by atoms with Gasteiger partial charge in [-0.25, -0.2) is 0 Å². The average molecular weight is 180 g/mol. The molecule has 0 unspecified atom stereocenters. The van der Waals surface area contributed by atoms with Gasteiger partial charge in [0.15, 0.2) is 11.5 Å². The molecule has 0 atom stereocenters. The van der Waals surface area contributed by atoms with Crippen molar-refractivity contribution < 1.29 is 9.47 Å². The molecule has 0 amide bonds. The molecular weight excluding hydrogens is 168 g/mol. The number of hydrogen-bond acceptors (Lipinski definition) is 4. The minimum absolute atomic E-state index is 0.419. The lowest BCUT2D eigenvalue weighted by Crippen LogP contribution is -2.17. The van der Waals surface area contributed by atoms with Crippen molar-refractivity contribution >= 4 is 5.69 Å². The number of ether oxygens (including phenoxy) is 2. The van der Waals surface area contributed by atoms with Crippen molar-refractivity contribution in [2.45, 2.75) is 6.54 Å². The first-order valence-corrected chi connectivity index (χ1v) is 4.20. The molecule has 0 aromatic heterocycles. The molecule has 1 heterocycles. The molecule has 1 aliphatic rings. The van der Waals surface area contributed by atoms with Crippen LogP contribution in [0.25, 0.3) is 0 Å². The van der Waals surface area contributed by atoms with Crippen LogP contribution in [-0.4, -0.2) is 13.2 Å². The summed E-state index contributed by atoms with van der Waals surface area (Å²) in [6, 6.07) is 3.70. The summed E-state index contributed by atoms with van der Waals surface area (Å²) < 4.78 is 10.7. The van der Waals surface area contributed by atoms with Gasteiger partial charge in [0.25, 0.3) is 0 Å². The third kappa shape index (κ3) is 1.29. The summed E-state index contributed by atoms with van der Waals surface area (Å²) >= 11 is 0. The fraction of sp³-hybridized carbons (Fsp3) is 0.333. The third-order valence-corrected chi connectivity index (χ3v) is 2.06. The molecule has 1 aliphatic heterocycles. The maximum atomic E-state index is 5.83. The van der Waals surface area contributed by atoms with Gasteiger partial charge < -0.3 is 20.9 Å². The molecule has 4 nitrogen and oxygen atoms in total. The Bertz CT molecular complexity index is 326. The summed E-state index contributed by atoms with van der Waals surface area (Å²) in [5.74, 6) is 1.34. The summed E-state index contributed by atoms with van der Waals surface area (Å²) in [6.45, 7) is 1.54. The fourth-order valence-electron chi connectivity index (χ4n) is 1.36. The monoisotopic (exact) mass is 180 g/mol.